The number of carbonyl (C=O) groups is 1. The van der Waals surface area contributed by atoms with Gasteiger partial charge >= 0.3 is 5.97 Å². The van der Waals surface area contributed by atoms with Crippen LogP contribution >= 0.6 is 0 Å². The van der Waals surface area contributed by atoms with Gasteiger partial charge < -0.3 is 9.64 Å². The molecule has 0 amide bonds. The molecule has 0 aromatic heterocycles. The largest absolute Gasteiger partial charge is 0.462 e. The van der Waals surface area contributed by atoms with Crippen molar-refractivity contribution in [2.24, 2.45) is 5.92 Å². The van der Waals surface area contributed by atoms with Crippen molar-refractivity contribution < 1.29 is 9.53 Å². The van der Waals surface area contributed by atoms with E-state index in [9.17, 15) is 4.79 Å². The third kappa shape index (κ3) is 7.54. The third-order valence-electron chi connectivity index (χ3n) is 5.55. The Kier molecular flexibility index (Phi) is 8.88. The first-order valence-corrected chi connectivity index (χ1v) is 11.3. The summed E-state index contributed by atoms with van der Waals surface area (Å²) in [6.07, 6.45) is 0.965. The highest BCUT2D eigenvalue weighted by Crippen LogP contribution is 2.15. The van der Waals surface area contributed by atoms with Crippen molar-refractivity contribution in [3.05, 3.63) is 102 Å². The molecule has 0 aliphatic heterocycles. The number of anilines is 1. The zero-order valence-electron chi connectivity index (χ0n) is 19.4. The first-order valence-electron chi connectivity index (χ1n) is 11.3. The lowest BCUT2D eigenvalue weighted by atomic mass is 10.1. The molecule has 0 saturated heterocycles. The van der Waals surface area contributed by atoms with Crippen molar-refractivity contribution in [3.8, 4) is 0 Å². The minimum absolute atomic E-state index is 0.257. The second-order valence-electron chi connectivity index (χ2n) is 8.62. The van der Waals surface area contributed by atoms with Gasteiger partial charge in [0.05, 0.1) is 12.2 Å². The maximum absolute atomic E-state index is 12.4. The molecule has 3 aromatic carbocycles. The van der Waals surface area contributed by atoms with Crippen LogP contribution in [0.4, 0.5) is 5.69 Å². The normalized spacial score (nSPS) is 11.9. The van der Waals surface area contributed by atoms with E-state index in [1.54, 1.807) is 0 Å². The van der Waals surface area contributed by atoms with Crippen LogP contribution in [-0.2, 0) is 17.8 Å². The van der Waals surface area contributed by atoms with Gasteiger partial charge in [0.25, 0.3) is 0 Å². The van der Waals surface area contributed by atoms with E-state index in [4.69, 9.17) is 4.74 Å². The fourth-order valence-electron chi connectivity index (χ4n) is 3.58. The van der Waals surface area contributed by atoms with Crippen LogP contribution in [0.5, 0.6) is 0 Å². The molecule has 0 heterocycles. The summed E-state index contributed by atoms with van der Waals surface area (Å²) in [5.41, 5.74) is 4.27. The van der Waals surface area contributed by atoms with Gasteiger partial charge in [-0.15, -0.1) is 0 Å². The Morgan fingerprint density at radius 3 is 1.84 bits per heavy atom. The molecule has 0 N–H and O–H groups in total. The Hall–Kier alpha value is -3.11. The summed E-state index contributed by atoms with van der Waals surface area (Å²) in [5.74, 6) is 0.0293. The van der Waals surface area contributed by atoms with E-state index in [2.05, 4.69) is 72.5 Å². The molecule has 1 atom stereocenters. The number of hydrogen-bond acceptors (Lipinski definition) is 4. The van der Waals surface area contributed by atoms with Gasteiger partial charge in [0.1, 0.15) is 0 Å². The van der Waals surface area contributed by atoms with Crippen molar-refractivity contribution in [3.63, 3.8) is 0 Å². The summed E-state index contributed by atoms with van der Waals surface area (Å²) in [7, 11) is 3.96. The molecule has 3 rings (SSSR count). The molecule has 4 nitrogen and oxygen atoms in total. The topological polar surface area (TPSA) is 32.8 Å². The van der Waals surface area contributed by atoms with Gasteiger partial charge in [-0.2, -0.15) is 0 Å². The quantitative estimate of drug-likeness (QED) is 0.369. The molecule has 0 bridgehead atoms. The standard InChI is InChI=1S/C28H34N2O2/c1-23(22-32-28(31)26-14-16-27(17-15-26)29(2)3)18-19-30(20-24-10-6-4-7-11-24)21-25-12-8-5-9-13-25/h4-17,23H,18-22H2,1-3H3/t23-/m1/s1. The summed E-state index contributed by atoms with van der Waals surface area (Å²) < 4.78 is 5.59. The molecule has 0 aliphatic rings. The van der Waals surface area contributed by atoms with Gasteiger partial charge in [0.15, 0.2) is 0 Å². The Morgan fingerprint density at radius 1 is 0.812 bits per heavy atom. The predicted molar refractivity (Wildman–Crippen MR) is 132 cm³/mol. The first-order chi connectivity index (χ1) is 15.5. The zero-order chi connectivity index (χ0) is 22.8. The summed E-state index contributed by atoms with van der Waals surface area (Å²) in [5, 5.41) is 0. The minimum atomic E-state index is -0.257. The van der Waals surface area contributed by atoms with E-state index in [1.807, 2.05) is 43.3 Å². The van der Waals surface area contributed by atoms with Crippen LogP contribution in [0.3, 0.4) is 0 Å². The van der Waals surface area contributed by atoms with Gasteiger partial charge in [-0.1, -0.05) is 67.6 Å². The lowest BCUT2D eigenvalue weighted by Gasteiger charge is -2.24. The van der Waals surface area contributed by atoms with Gasteiger partial charge in [-0.25, -0.2) is 4.79 Å². The van der Waals surface area contributed by atoms with Crippen LogP contribution in [0.25, 0.3) is 0 Å². The van der Waals surface area contributed by atoms with Gasteiger partial charge in [-0.3, -0.25) is 4.90 Å². The fourth-order valence-corrected chi connectivity index (χ4v) is 3.58. The number of esters is 1. The minimum Gasteiger partial charge on any atom is -0.462 e. The molecule has 0 radical (unpaired) electrons. The monoisotopic (exact) mass is 430 g/mol. The lowest BCUT2D eigenvalue weighted by molar-refractivity contribution is 0.0435. The summed E-state index contributed by atoms with van der Waals surface area (Å²) in [4.78, 5) is 16.9. The van der Waals surface area contributed by atoms with Crippen LogP contribution in [0, 0.1) is 5.92 Å². The predicted octanol–water partition coefficient (Wildman–Crippen LogP) is 5.64. The molecule has 3 aromatic rings. The van der Waals surface area contributed by atoms with Crippen LogP contribution in [0.15, 0.2) is 84.9 Å². The molecule has 32 heavy (non-hydrogen) atoms. The molecular weight excluding hydrogens is 396 g/mol. The number of rotatable bonds is 11. The van der Waals surface area contributed by atoms with E-state index in [1.165, 1.54) is 11.1 Å². The average Bonchev–Trinajstić information content (AvgIpc) is 2.82. The van der Waals surface area contributed by atoms with E-state index < -0.39 is 0 Å². The van der Waals surface area contributed by atoms with E-state index in [-0.39, 0.29) is 11.9 Å². The molecule has 0 aliphatic carbocycles. The molecule has 0 saturated carbocycles. The second-order valence-corrected chi connectivity index (χ2v) is 8.62. The van der Waals surface area contributed by atoms with Crippen LogP contribution in [0.1, 0.15) is 34.8 Å². The Bertz CT molecular complexity index is 899. The zero-order valence-corrected chi connectivity index (χ0v) is 19.4. The van der Waals surface area contributed by atoms with Crippen LogP contribution < -0.4 is 4.90 Å². The fraction of sp³-hybridized carbons (Fsp3) is 0.321. The van der Waals surface area contributed by atoms with Crippen molar-refractivity contribution in [2.45, 2.75) is 26.4 Å². The van der Waals surface area contributed by atoms with Crippen LogP contribution in [0.2, 0.25) is 0 Å². The molecule has 0 unspecified atom stereocenters. The second kappa shape index (κ2) is 12.1. The molecule has 0 fully saturated rings. The first kappa shape index (κ1) is 23.6. The van der Waals surface area contributed by atoms with Crippen LogP contribution in [-0.4, -0.2) is 38.1 Å². The highest BCUT2D eigenvalue weighted by Gasteiger charge is 2.13. The number of carbonyl (C=O) groups excluding carboxylic acids is 1. The third-order valence-corrected chi connectivity index (χ3v) is 5.55. The van der Waals surface area contributed by atoms with Crippen molar-refractivity contribution >= 4 is 11.7 Å². The molecule has 0 spiro atoms. The molecule has 4 heteroatoms. The van der Waals surface area contributed by atoms with Crippen molar-refractivity contribution in [2.75, 3.05) is 32.1 Å². The van der Waals surface area contributed by atoms with Gasteiger partial charge in [0, 0.05) is 32.9 Å². The average molecular weight is 431 g/mol. The highest BCUT2D eigenvalue weighted by atomic mass is 16.5. The Morgan fingerprint density at radius 2 is 1.34 bits per heavy atom. The smallest absolute Gasteiger partial charge is 0.338 e. The highest BCUT2D eigenvalue weighted by molar-refractivity contribution is 5.89. The number of hydrogen-bond donors (Lipinski definition) is 0. The maximum atomic E-state index is 12.4. The number of ether oxygens (including phenoxy) is 1. The Labute approximate surface area is 192 Å². The lowest BCUT2D eigenvalue weighted by Crippen LogP contribution is -2.26. The van der Waals surface area contributed by atoms with Crippen molar-refractivity contribution in [1.82, 2.24) is 4.90 Å². The SMILES string of the molecule is C[C@H](CCN(Cc1ccccc1)Cc1ccccc1)COC(=O)c1ccc(N(C)C)cc1. The summed E-state index contributed by atoms with van der Waals surface area (Å²) >= 11 is 0. The molecular formula is C28H34N2O2. The summed E-state index contributed by atoms with van der Waals surface area (Å²) in [6, 6.07) is 28.7. The maximum Gasteiger partial charge on any atom is 0.338 e. The van der Waals surface area contributed by atoms with E-state index in [0.717, 1.165) is 31.7 Å². The van der Waals surface area contributed by atoms with Gasteiger partial charge in [0.2, 0.25) is 0 Å². The number of benzene rings is 3. The number of nitrogens with zero attached hydrogens (tertiary/aromatic N) is 2. The van der Waals surface area contributed by atoms with Crippen molar-refractivity contribution in [1.29, 1.82) is 0 Å². The summed E-state index contributed by atoms with van der Waals surface area (Å²) in [6.45, 7) is 5.32. The van der Waals surface area contributed by atoms with E-state index in [0.29, 0.717) is 12.2 Å². The molecule has 168 valence electrons. The van der Waals surface area contributed by atoms with Gasteiger partial charge in [-0.05, 0) is 54.3 Å². The Balaban J connectivity index is 1.51. The van der Waals surface area contributed by atoms with E-state index >= 15 is 0 Å².